The Morgan fingerprint density at radius 2 is 0.706 bits per heavy atom. The Hall–Kier alpha value is -6.04. The maximum absolute atomic E-state index is 14.0. The number of benzene rings is 4. The zero-order chi connectivity index (χ0) is 50.3. The molecule has 0 saturated heterocycles. The lowest BCUT2D eigenvalue weighted by atomic mass is 9.79. The molecule has 12 nitrogen and oxygen atoms in total. The molecular weight excluding hydrogens is 865 g/mol. The number of fused-ring (bicyclic) bond motifs is 9. The van der Waals surface area contributed by atoms with Crippen molar-refractivity contribution in [3.05, 3.63) is 115 Å². The number of carbonyl (C=O) groups excluding carboxylic acids is 4. The molecule has 2 aliphatic heterocycles. The minimum atomic E-state index is -2.07. The van der Waals surface area contributed by atoms with Gasteiger partial charge in [0.2, 0.25) is 12.2 Å². The molecule has 12 heteroatoms. The largest absolute Gasteiger partial charge is 0.507 e. The van der Waals surface area contributed by atoms with Gasteiger partial charge in [0.05, 0.1) is 13.2 Å². The van der Waals surface area contributed by atoms with Crippen LogP contribution in [0.25, 0.3) is 0 Å². The predicted octanol–water partition coefficient (Wildman–Crippen LogP) is 9.69. The molecule has 1 aliphatic carbocycles. The average Bonchev–Trinajstić information content (AvgIpc) is 3.21. The fourth-order valence-corrected chi connectivity index (χ4v) is 8.55. The van der Waals surface area contributed by atoms with Crippen molar-refractivity contribution in [1.82, 2.24) is 0 Å². The van der Waals surface area contributed by atoms with E-state index in [0.717, 1.165) is 22.3 Å². The quantitative estimate of drug-likeness (QED) is 0.0998. The topological polar surface area (TPSA) is 164 Å². The monoisotopic (exact) mass is 934 g/mol. The first-order chi connectivity index (χ1) is 31.6. The summed E-state index contributed by atoms with van der Waals surface area (Å²) in [6.45, 7) is 26.5. The van der Waals surface area contributed by atoms with E-state index in [0.29, 0.717) is 56.0 Å². The van der Waals surface area contributed by atoms with Crippen LogP contribution in [0, 0.1) is 0 Å². The van der Waals surface area contributed by atoms with Gasteiger partial charge in [0, 0.05) is 25.7 Å². The maximum Gasteiger partial charge on any atom is 0.352 e. The molecule has 0 aromatic heterocycles. The fourth-order valence-electron chi connectivity index (χ4n) is 8.55. The van der Waals surface area contributed by atoms with E-state index in [1.807, 2.05) is 48.5 Å². The van der Waals surface area contributed by atoms with Crippen molar-refractivity contribution in [1.29, 1.82) is 0 Å². The summed E-state index contributed by atoms with van der Waals surface area (Å²) in [6, 6.07) is 16.1. The van der Waals surface area contributed by atoms with Crippen molar-refractivity contribution < 1.29 is 57.8 Å². The Morgan fingerprint density at radius 1 is 0.471 bits per heavy atom. The lowest BCUT2D eigenvalue weighted by Crippen LogP contribution is -2.48. The van der Waals surface area contributed by atoms with E-state index in [4.69, 9.17) is 28.4 Å². The normalized spacial score (nSPS) is 17.2. The van der Waals surface area contributed by atoms with E-state index in [9.17, 15) is 29.4 Å². The molecule has 0 fully saturated rings. The molecule has 0 amide bonds. The lowest BCUT2D eigenvalue weighted by molar-refractivity contribution is -0.192. The van der Waals surface area contributed by atoms with E-state index in [1.165, 1.54) is 0 Å². The maximum atomic E-state index is 14.0. The smallest absolute Gasteiger partial charge is 0.352 e. The summed E-state index contributed by atoms with van der Waals surface area (Å²) in [7, 11) is 0. The van der Waals surface area contributed by atoms with Crippen LogP contribution in [0.15, 0.2) is 48.5 Å². The molecule has 2 heterocycles. The molecule has 2 atom stereocenters. The van der Waals surface area contributed by atoms with Crippen LogP contribution in [0.3, 0.4) is 0 Å². The van der Waals surface area contributed by atoms with Gasteiger partial charge >= 0.3 is 23.9 Å². The SMILES string of the molecule is CCOC(=O)C1OC(=O)COc2c3cc(C(C)(C)C)cc2Cc2cc(C(C)(C)C)cc(c2O)Cc2cc(C(C)(C)C)cc(c2OCC(=O)O[C@H]1C(=O)OCC)Cc1cc(C(C)(C)C)cc(c1O)C3. The number of esters is 4. The summed E-state index contributed by atoms with van der Waals surface area (Å²) in [6.07, 6.45) is -3.48. The number of hydrogen-bond acceptors (Lipinski definition) is 12. The van der Waals surface area contributed by atoms with Crippen molar-refractivity contribution in [3.8, 4) is 23.0 Å². The van der Waals surface area contributed by atoms with E-state index < -0.39 is 49.3 Å². The Bertz CT molecular complexity index is 2320. The molecule has 4 aromatic carbocycles. The molecule has 0 radical (unpaired) electrons. The molecule has 3 aliphatic rings. The van der Waals surface area contributed by atoms with Crippen molar-refractivity contribution in [2.75, 3.05) is 26.4 Å². The zero-order valence-corrected chi connectivity index (χ0v) is 42.4. The van der Waals surface area contributed by atoms with Crippen LogP contribution in [0.5, 0.6) is 23.0 Å². The van der Waals surface area contributed by atoms with Crippen LogP contribution in [0.4, 0.5) is 0 Å². The molecular formula is C56H70O12. The number of phenols is 2. The highest BCUT2D eigenvalue weighted by molar-refractivity contribution is 5.89. The molecule has 2 N–H and O–H groups in total. The third kappa shape index (κ3) is 11.6. The van der Waals surface area contributed by atoms with Gasteiger partial charge < -0.3 is 38.6 Å². The number of hydrogen-bond donors (Lipinski definition) is 2. The van der Waals surface area contributed by atoms with E-state index in [-0.39, 0.29) is 72.1 Å². The van der Waals surface area contributed by atoms with Crippen LogP contribution >= 0.6 is 0 Å². The van der Waals surface area contributed by atoms with Gasteiger partial charge in [-0.1, -0.05) is 132 Å². The van der Waals surface area contributed by atoms with Gasteiger partial charge in [-0.25, -0.2) is 19.2 Å². The third-order valence-electron chi connectivity index (χ3n) is 12.5. The second-order valence-corrected chi connectivity index (χ2v) is 22.1. The number of rotatable bonds is 4. The third-order valence-corrected chi connectivity index (χ3v) is 12.5. The van der Waals surface area contributed by atoms with Gasteiger partial charge in [-0.2, -0.15) is 0 Å². The number of phenolic OH excluding ortho intramolecular Hbond substituents is 2. The van der Waals surface area contributed by atoms with Crippen molar-refractivity contribution in [2.45, 2.75) is 156 Å². The summed E-state index contributed by atoms with van der Waals surface area (Å²) in [4.78, 5) is 55.3. The molecule has 68 heavy (non-hydrogen) atoms. The second-order valence-electron chi connectivity index (χ2n) is 22.1. The van der Waals surface area contributed by atoms with Gasteiger partial charge in [-0.15, -0.1) is 0 Å². The lowest BCUT2D eigenvalue weighted by Gasteiger charge is -2.28. The molecule has 7 rings (SSSR count). The molecule has 366 valence electrons. The van der Waals surface area contributed by atoms with E-state index >= 15 is 0 Å². The zero-order valence-electron chi connectivity index (χ0n) is 42.4. The van der Waals surface area contributed by atoms with Crippen molar-refractivity contribution >= 4 is 23.9 Å². The molecule has 4 aromatic rings. The van der Waals surface area contributed by atoms with Crippen LogP contribution in [0.2, 0.25) is 0 Å². The van der Waals surface area contributed by atoms with Gasteiger partial charge in [0.25, 0.3) is 0 Å². The van der Waals surface area contributed by atoms with Gasteiger partial charge in [0.15, 0.2) is 13.2 Å². The second kappa shape index (κ2) is 19.5. The minimum Gasteiger partial charge on any atom is -0.507 e. The fraction of sp³-hybridized carbons (Fsp3) is 0.500. The summed E-state index contributed by atoms with van der Waals surface area (Å²) in [5, 5.41) is 25.0. The Labute approximate surface area is 401 Å². The predicted molar refractivity (Wildman–Crippen MR) is 259 cm³/mol. The number of aromatic hydroxyl groups is 2. The Morgan fingerprint density at radius 3 is 0.926 bits per heavy atom. The Balaban J connectivity index is 1.77. The van der Waals surface area contributed by atoms with Gasteiger partial charge in [0.1, 0.15) is 23.0 Å². The van der Waals surface area contributed by atoms with Gasteiger partial charge in [-0.3, -0.25) is 0 Å². The first-order valence-corrected chi connectivity index (χ1v) is 23.6. The summed E-state index contributed by atoms with van der Waals surface area (Å²) in [5.41, 5.74) is 7.37. The van der Waals surface area contributed by atoms with E-state index in [1.54, 1.807) is 13.8 Å². The average molecular weight is 935 g/mol. The number of carbonyl (C=O) groups is 4. The highest BCUT2D eigenvalue weighted by Crippen LogP contribution is 2.44. The Kier molecular flexibility index (Phi) is 14.7. The van der Waals surface area contributed by atoms with Gasteiger partial charge in [-0.05, 0) is 102 Å². The molecule has 1 unspecified atom stereocenters. The van der Waals surface area contributed by atoms with Crippen molar-refractivity contribution in [2.24, 2.45) is 0 Å². The summed E-state index contributed by atoms with van der Waals surface area (Å²) >= 11 is 0. The van der Waals surface area contributed by atoms with Crippen LogP contribution in [-0.2, 0) is 85.5 Å². The minimum absolute atomic E-state index is 0.0661. The summed E-state index contributed by atoms with van der Waals surface area (Å²) in [5.74, 6) is -3.70. The molecule has 0 saturated carbocycles. The van der Waals surface area contributed by atoms with Crippen LogP contribution in [0.1, 0.15) is 164 Å². The number of ether oxygens (including phenoxy) is 6. The molecule has 10 bridgehead atoms. The van der Waals surface area contributed by atoms with Crippen LogP contribution in [-0.4, -0.2) is 72.7 Å². The van der Waals surface area contributed by atoms with Crippen molar-refractivity contribution in [3.63, 3.8) is 0 Å². The standard InChI is InChI=1S/C56H70O12/c1-15-63-51(61)49-50(52(62)64-16-2)68-44(58)30-66-48-37-19-33-23-39(53(3,4)5)21-31(45(33)59)17-35-25-41(55(9,10)11)26-36(47(35)65-29-43(57)67-49)18-32-22-40(54(6,7)8)24-34(46(32)60)20-38(48)28-42(27-37)56(12,13)14/h21-28,49-50,59-60H,15-20,29-30H2,1-14H3/t49-,50?/m1/s1. The first kappa shape index (κ1) is 51.4. The van der Waals surface area contributed by atoms with E-state index in [2.05, 4.69) is 83.1 Å². The van der Waals surface area contributed by atoms with Crippen LogP contribution < -0.4 is 9.47 Å². The highest BCUT2D eigenvalue weighted by Gasteiger charge is 2.43. The molecule has 0 spiro atoms. The first-order valence-electron chi connectivity index (χ1n) is 23.6. The summed E-state index contributed by atoms with van der Waals surface area (Å²) < 4.78 is 34.9. The highest BCUT2D eigenvalue weighted by atomic mass is 16.7.